The molecule has 4 aromatic rings. The Morgan fingerprint density at radius 3 is 2.47 bits per heavy atom. The number of ketones is 1. The summed E-state index contributed by atoms with van der Waals surface area (Å²) in [6, 6.07) is 21.1. The van der Waals surface area contributed by atoms with E-state index in [1.54, 1.807) is 24.7 Å². The van der Waals surface area contributed by atoms with E-state index in [1.165, 1.54) is 0 Å². The first-order chi connectivity index (χ1) is 21.0. The van der Waals surface area contributed by atoms with Crippen molar-refractivity contribution in [2.24, 2.45) is 0 Å². The number of hydrogen-bond acceptors (Lipinski definition) is 5. The third-order valence-electron chi connectivity index (χ3n) is 6.88. The minimum atomic E-state index is -1.19. The number of hydrogen-bond donors (Lipinski definition) is 0. The van der Waals surface area contributed by atoms with Crippen molar-refractivity contribution in [3.8, 4) is 16.9 Å². The van der Waals surface area contributed by atoms with Gasteiger partial charge in [0.15, 0.2) is 5.78 Å². The maximum Gasteiger partial charge on any atom is 0.160 e. The van der Waals surface area contributed by atoms with Crippen molar-refractivity contribution in [3.05, 3.63) is 107 Å². The Morgan fingerprint density at radius 1 is 0.953 bits per heavy atom. The smallest absolute Gasteiger partial charge is 0.160 e. The summed E-state index contributed by atoms with van der Waals surface area (Å²) >= 11 is 6.45. The van der Waals surface area contributed by atoms with Crippen LogP contribution in [0.25, 0.3) is 17.2 Å². The van der Waals surface area contributed by atoms with Gasteiger partial charge in [-0.1, -0.05) is 62.2 Å². The number of unbranched alkanes of at least 4 members (excludes halogenated alkanes) is 1. The maximum atomic E-state index is 12.9. The lowest BCUT2D eigenvalue weighted by atomic mass is 10.0. The van der Waals surface area contributed by atoms with Gasteiger partial charge in [0, 0.05) is 35.7 Å². The molecule has 0 aliphatic carbocycles. The molecule has 0 aliphatic heterocycles. The van der Waals surface area contributed by atoms with Crippen molar-refractivity contribution < 1.29 is 18.5 Å². The highest BCUT2D eigenvalue weighted by Gasteiger charge is 2.10. The molecule has 0 aliphatic rings. The van der Waals surface area contributed by atoms with E-state index in [0.29, 0.717) is 24.0 Å². The van der Waals surface area contributed by atoms with Gasteiger partial charge in [0.05, 0.1) is 35.2 Å². The predicted octanol–water partition coefficient (Wildman–Crippen LogP) is 7.94. The highest BCUT2D eigenvalue weighted by atomic mass is 35.5. The topological polar surface area (TPSA) is 70.4 Å². The van der Waals surface area contributed by atoms with Crippen molar-refractivity contribution in [2.75, 3.05) is 19.8 Å². The lowest BCUT2D eigenvalue weighted by Crippen LogP contribution is -2.07. The lowest BCUT2D eigenvalue weighted by molar-refractivity contribution is -0.113. The monoisotopic (exact) mass is 618 g/mol. The van der Waals surface area contributed by atoms with Crippen molar-refractivity contribution in [2.45, 2.75) is 56.7 Å². The standard InChI is InChI=1S/C35H39ClN2O4S/c1-3-5-19-41-20-21-42-33-13-9-28(10-14-33)29-11-17-35(36)30(23-29)8-12-32(39)22-27-6-15-34(16-7-27)43(40)25-31-24-37-26-38(31)18-4-2/h6-17,23-24,26H,3-5,18-22,25H2,1-2H3/b12-8+/t43-/m1/s1. The van der Waals surface area contributed by atoms with Crippen LogP contribution < -0.4 is 4.74 Å². The van der Waals surface area contributed by atoms with E-state index in [4.69, 9.17) is 21.1 Å². The molecule has 0 spiro atoms. The SMILES string of the molecule is CCCCOCCOc1ccc(-c2ccc(Cl)c(/C=C/C(=O)Cc3ccc([S@](=O)Cc4cncn4CCC)cc3)c2)cc1. The van der Waals surface area contributed by atoms with Gasteiger partial charge in [0.2, 0.25) is 0 Å². The summed E-state index contributed by atoms with van der Waals surface area (Å²) in [5.41, 5.74) is 4.60. The first kappa shape index (κ1) is 32.4. The van der Waals surface area contributed by atoms with Gasteiger partial charge in [-0.3, -0.25) is 9.00 Å². The fourth-order valence-corrected chi connectivity index (χ4v) is 5.79. The molecular weight excluding hydrogens is 580 g/mol. The van der Waals surface area contributed by atoms with Crippen LogP contribution in [0.1, 0.15) is 49.9 Å². The maximum absolute atomic E-state index is 12.9. The third kappa shape index (κ3) is 10.0. The summed E-state index contributed by atoms with van der Waals surface area (Å²) in [4.78, 5) is 17.7. The molecule has 226 valence electrons. The summed E-state index contributed by atoms with van der Waals surface area (Å²) < 4.78 is 26.2. The first-order valence-electron chi connectivity index (χ1n) is 14.7. The van der Waals surface area contributed by atoms with E-state index >= 15 is 0 Å². The molecular formula is C35H39ClN2O4S. The van der Waals surface area contributed by atoms with E-state index in [2.05, 4.69) is 18.8 Å². The number of halogens is 1. The quantitative estimate of drug-likeness (QED) is 0.0887. The summed E-state index contributed by atoms with van der Waals surface area (Å²) in [6.07, 6.45) is 10.3. The fourth-order valence-electron chi connectivity index (χ4n) is 4.49. The van der Waals surface area contributed by atoms with Crippen molar-refractivity contribution in [1.82, 2.24) is 9.55 Å². The molecule has 0 saturated heterocycles. The number of rotatable bonds is 17. The Kier molecular flexibility index (Phi) is 12.8. The third-order valence-corrected chi connectivity index (χ3v) is 8.58. The van der Waals surface area contributed by atoms with Crippen LogP contribution in [-0.4, -0.2) is 39.4 Å². The van der Waals surface area contributed by atoms with Crippen molar-refractivity contribution in [3.63, 3.8) is 0 Å². The summed E-state index contributed by atoms with van der Waals surface area (Å²) in [5, 5.41) is 0.572. The molecule has 0 N–H and O–H groups in total. The van der Waals surface area contributed by atoms with Crippen molar-refractivity contribution in [1.29, 1.82) is 0 Å². The Balaban J connectivity index is 1.31. The second kappa shape index (κ2) is 16.9. The van der Waals surface area contributed by atoms with Crippen molar-refractivity contribution >= 4 is 34.3 Å². The van der Waals surface area contributed by atoms with E-state index in [1.807, 2.05) is 71.3 Å². The van der Waals surface area contributed by atoms with Crippen LogP contribution in [0.3, 0.4) is 0 Å². The zero-order valence-electron chi connectivity index (χ0n) is 24.8. The molecule has 0 unspecified atom stereocenters. The zero-order chi connectivity index (χ0) is 30.4. The summed E-state index contributed by atoms with van der Waals surface area (Å²) in [6.45, 7) is 6.96. The largest absolute Gasteiger partial charge is 0.491 e. The molecule has 1 aromatic heterocycles. The van der Waals surface area contributed by atoms with Gasteiger partial charge in [0.1, 0.15) is 12.4 Å². The minimum Gasteiger partial charge on any atom is -0.491 e. The van der Waals surface area contributed by atoms with Crippen LogP contribution in [0.15, 0.2) is 90.2 Å². The zero-order valence-corrected chi connectivity index (χ0v) is 26.4. The Hall–Kier alpha value is -3.52. The second-order valence-electron chi connectivity index (χ2n) is 10.3. The van der Waals surface area contributed by atoms with Crippen LogP contribution in [0.4, 0.5) is 0 Å². The molecule has 43 heavy (non-hydrogen) atoms. The number of aromatic nitrogens is 2. The first-order valence-corrected chi connectivity index (χ1v) is 16.4. The van der Waals surface area contributed by atoms with Gasteiger partial charge in [-0.15, -0.1) is 0 Å². The number of imidazole rings is 1. The highest BCUT2D eigenvalue weighted by molar-refractivity contribution is 7.84. The average Bonchev–Trinajstić information content (AvgIpc) is 3.45. The van der Waals surface area contributed by atoms with Gasteiger partial charge in [-0.2, -0.15) is 0 Å². The number of aryl methyl sites for hydroxylation is 1. The Bertz CT molecular complexity index is 1510. The molecule has 1 heterocycles. The lowest BCUT2D eigenvalue weighted by Gasteiger charge is -2.09. The van der Waals surface area contributed by atoms with Crippen LogP contribution in [0, 0.1) is 0 Å². The van der Waals surface area contributed by atoms with E-state index in [-0.39, 0.29) is 12.2 Å². The number of ether oxygens (including phenoxy) is 2. The van der Waals surface area contributed by atoms with E-state index in [9.17, 15) is 9.00 Å². The van der Waals surface area contributed by atoms with Gasteiger partial charge in [-0.25, -0.2) is 4.98 Å². The van der Waals surface area contributed by atoms with Crippen LogP contribution >= 0.6 is 11.6 Å². The normalized spacial score (nSPS) is 12.1. The van der Waals surface area contributed by atoms with Gasteiger partial charge >= 0.3 is 0 Å². The molecule has 0 bridgehead atoms. The van der Waals surface area contributed by atoms with Crippen LogP contribution in [0.5, 0.6) is 5.75 Å². The molecule has 0 amide bonds. The average molecular weight is 619 g/mol. The molecule has 8 heteroatoms. The number of carbonyl (C=O) groups is 1. The van der Waals surface area contributed by atoms with Crippen LogP contribution in [0.2, 0.25) is 5.02 Å². The van der Waals surface area contributed by atoms with Gasteiger partial charge in [-0.05, 0) is 83.6 Å². The fraction of sp³-hybridized carbons (Fsp3) is 0.314. The molecule has 0 fully saturated rings. The number of nitrogens with zero attached hydrogens (tertiary/aromatic N) is 2. The second-order valence-corrected chi connectivity index (χ2v) is 12.1. The van der Waals surface area contributed by atoms with Crippen LogP contribution in [-0.2, 0) is 39.0 Å². The van der Waals surface area contributed by atoms with E-state index < -0.39 is 10.8 Å². The number of carbonyl (C=O) groups excluding carboxylic acids is 1. The van der Waals surface area contributed by atoms with Gasteiger partial charge < -0.3 is 14.0 Å². The minimum absolute atomic E-state index is 0.0426. The Morgan fingerprint density at radius 2 is 1.72 bits per heavy atom. The molecule has 1 atom stereocenters. The molecule has 4 rings (SSSR count). The summed E-state index contributed by atoms with van der Waals surface area (Å²) in [5.74, 6) is 1.16. The highest BCUT2D eigenvalue weighted by Crippen LogP contribution is 2.28. The predicted molar refractivity (Wildman–Crippen MR) is 175 cm³/mol. The molecule has 0 radical (unpaired) electrons. The molecule has 3 aromatic carbocycles. The molecule has 6 nitrogen and oxygen atoms in total. The number of benzene rings is 3. The van der Waals surface area contributed by atoms with Gasteiger partial charge in [0.25, 0.3) is 0 Å². The molecule has 0 saturated carbocycles. The summed E-state index contributed by atoms with van der Waals surface area (Å²) in [7, 11) is -1.19. The number of allylic oxidation sites excluding steroid dienone is 1. The van der Waals surface area contributed by atoms with E-state index in [0.717, 1.165) is 71.0 Å². The Labute approximate surface area is 262 Å².